The van der Waals surface area contributed by atoms with Crippen molar-refractivity contribution in [2.24, 2.45) is 0 Å². The van der Waals surface area contributed by atoms with Crippen LogP contribution >= 0.6 is 0 Å². The van der Waals surface area contributed by atoms with Crippen LogP contribution in [0.4, 0.5) is 16.2 Å². The Morgan fingerprint density at radius 3 is 2.42 bits per heavy atom. The number of amides is 2. The Labute approximate surface area is 196 Å². The van der Waals surface area contributed by atoms with Gasteiger partial charge in [-0.25, -0.2) is 4.79 Å². The fraction of sp³-hybridized carbons (Fsp3) is 0.462. The Morgan fingerprint density at radius 1 is 1.09 bits per heavy atom. The number of para-hydroxylation sites is 1. The van der Waals surface area contributed by atoms with Gasteiger partial charge in [0.05, 0.1) is 6.42 Å². The van der Waals surface area contributed by atoms with Crippen molar-refractivity contribution in [3.05, 3.63) is 59.7 Å². The number of piperazine rings is 1. The van der Waals surface area contributed by atoms with Gasteiger partial charge in [0, 0.05) is 43.7 Å². The molecule has 178 valence electrons. The maximum atomic E-state index is 13.0. The van der Waals surface area contributed by atoms with Crippen LogP contribution in [0.15, 0.2) is 48.5 Å². The molecule has 1 heterocycles. The number of carbonyl (C=O) groups is 2. The van der Waals surface area contributed by atoms with Crippen molar-refractivity contribution in [3.63, 3.8) is 0 Å². The summed E-state index contributed by atoms with van der Waals surface area (Å²) in [6.45, 7) is 9.58. The Balaban J connectivity index is 1.59. The summed E-state index contributed by atoms with van der Waals surface area (Å²) < 4.78 is 5.26. The number of nitrogens with zero attached hydrogens (tertiary/aromatic N) is 2. The van der Waals surface area contributed by atoms with Crippen LogP contribution in [-0.4, -0.2) is 59.9 Å². The Bertz CT molecular complexity index is 953. The van der Waals surface area contributed by atoms with Gasteiger partial charge in [0.2, 0.25) is 5.91 Å². The van der Waals surface area contributed by atoms with Crippen molar-refractivity contribution in [2.75, 3.05) is 36.5 Å². The van der Waals surface area contributed by atoms with Gasteiger partial charge >= 0.3 is 6.09 Å². The standard InChI is InChI=1S/C26H35N3O4/c1-19-7-5-6-8-23(19)29-15-14-28(18-22(29)13-16-30)24(31)17-20-9-11-21(12-10-20)27-25(32)33-26(2,3)4/h5-12,22,30H,13-18H2,1-4H3,(H,27,32). The predicted molar refractivity (Wildman–Crippen MR) is 131 cm³/mol. The van der Waals surface area contributed by atoms with Crippen LogP contribution in [0.5, 0.6) is 0 Å². The average Bonchev–Trinajstić information content (AvgIpc) is 2.74. The molecular weight excluding hydrogens is 418 g/mol. The summed E-state index contributed by atoms with van der Waals surface area (Å²) in [5.41, 5.74) is 3.30. The highest BCUT2D eigenvalue weighted by molar-refractivity contribution is 5.85. The fourth-order valence-corrected chi connectivity index (χ4v) is 4.09. The molecule has 1 atom stereocenters. The number of aliphatic hydroxyl groups excluding tert-OH is 1. The molecule has 33 heavy (non-hydrogen) atoms. The van der Waals surface area contributed by atoms with Gasteiger partial charge in [-0.3, -0.25) is 10.1 Å². The smallest absolute Gasteiger partial charge is 0.412 e. The van der Waals surface area contributed by atoms with Gasteiger partial charge in [-0.2, -0.15) is 0 Å². The van der Waals surface area contributed by atoms with E-state index < -0.39 is 11.7 Å². The maximum absolute atomic E-state index is 13.0. The topological polar surface area (TPSA) is 82.1 Å². The predicted octanol–water partition coefficient (Wildman–Crippen LogP) is 3.98. The van der Waals surface area contributed by atoms with Crippen LogP contribution in [-0.2, 0) is 16.0 Å². The third-order valence-electron chi connectivity index (χ3n) is 5.68. The van der Waals surface area contributed by atoms with Gasteiger partial charge in [0.15, 0.2) is 0 Å². The second-order valence-corrected chi connectivity index (χ2v) is 9.49. The first kappa shape index (κ1) is 24.6. The zero-order valence-corrected chi connectivity index (χ0v) is 20.0. The molecule has 1 saturated heterocycles. The van der Waals surface area contributed by atoms with Crippen molar-refractivity contribution in [2.45, 2.75) is 52.2 Å². The quantitative estimate of drug-likeness (QED) is 0.691. The van der Waals surface area contributed by atoms with Crippen LogP contribution in [0.3, 0.4) is 0 Å². The minimum absolute atomic E-state index is 0.0650. The number of aryl methyl sites for hydroxylation is 1. The third kappa shape index (κ3) is 6.96. The second-order valence-electron chi connectivity index (χ2n) is 9.49. The van der Waals surface area contributed by atoms with E-state index in [9.17, 15) is 14.7 Å². The number of nitrogens with one attached hydrogen (secondary N) is 1. The lowest BCUT2D eigenvalue weighted by molar-refractivity contribution is -0.131. The van der Waals surface area contributed by atoms with E-state index >= 15 is 0 Å². The van der Waals surface area contributed by atoms with E-state index in [4.69, 9.17) is 4.74 Å². The number of anilines is 2. The van der Waals surface area contributed by atoms with Crippen molar-refractivity contribution in [1.29, 1.82) is 0 Å². The van der Waals surface area contributed by atoms with Crippen LogP contribution in [0.2, 0.25) is 0 Å². The summed E-state index contributed by atoms with van der Waals surface area (Å²) in [4.78, 5) is 29.1. The Kier molecular flexibility index (Phi) is 7.97. The summed E-state index contributed by atoms with van der Waals surface area (Å²) in [7, 11) is 0. The molecule has 0 aliphatic carbocycles. The van der Waals surface area contributed by atoms with E-state index in [1.165, 1.54) is 5.56 Å². The first-order valence-electron chi connectivity index (χ1n) is 11.5. The first-order valence-corrected chi connectivity index (χ1v) is 11.5. The van der Waals surface area contributed by atoms with Crippen LogP contribution in [0.25, 0.3) is 0 Å². The molecule has 2 aromatic carbocycles. The molecule has 1 unspecified atom stereocenters. The number of ether oxygens (including phenoxy) is 1. The summed E-state index contributed by atoms with van der Waals surface area (Å²) in [5.74, 6) is 0.0650. The van der Waals surface area contributed by atoms with E-state index in [1.807, 2.05) is 49.9 Å². The fourth-order valence-electron chi connectivity index (χ4n) is 4.09. The normalized spacial score (nSPS) is 16.5. The first-order chi connectivity index (χ1) is 15.7. The van der Waals surface area contributed by atoms with Gasteiger partial charge in [0.1, 0.15) is 5.60 Å². The Hall–Kier alpha value is -3.06. The molecular formula is C26H35N3O4. The minimum atomic E-state index is -0.562. The molecule has 1 aliphatic heterocycles. The molecule has 2 aromatic rings. The summed E-state index contributed by atoms with van der Waals surface area (Å²) in [6, 6.07) is 15.6. The molecule has 0 aromatic heterocycles. The number of aliphatic hydroxyl groups is 1. The average molecular weight is 454 g/mol. The van der Waals surface area contributed by atoms with Crippen molar-refractivity contribution >= 4 is 23.4 Å². The molecule has 2 amide bonds. The van der Waals surface area contributed by atoms with Gasteiger partial charge < -0.3 is 19.6 Å². The van der Waals surface area contributed by atoms with E-state index in [2.05, 4.69) is 29.3 Å². The maximum Gasteiger partial charge on any atom is 0.412 e. The van der Waals surface area contributed by atoms with E-state index in [1.54, 1.807) is 12.1 Å². The van der Waals surface area contributed by atoms with E-state index in [0.717, 1.165) is 17.8 Å². The highest BCUT2D eigenvalue weighted by atomic mass is 16.6. The third-order valence-corrected chi connectivity index (χ3v) is 5.68. The Morgan fingerprint density at radius 2 is 1.79 bits per heavy atom. The molecule has 1 fully saturated rings. The largest absolute Gasteiger partial charge is 0.444 e. The van der Waals surface area contributed by atoms with Crippen molar-refractivity contribution < 1.29 is 19.4 Å². The van der Waals surface area contributed by atoms with Crippen LogP contribution in [0, 0.1) is 6.92 Å². The number of hydrogen-bond donors (Lipinski definition) is 2. The number of rotatable bonds is 6. The highest BCUT2D eigenvalue weighted by Gasteiger charge is 2.30. The lowest BCUT2D eigenvalue weighted by Crippen LogP contribution is -2.55. The molecule has 7 nitrogen and oxygen atoms in total. The molecule has 0 bridgehead atoms. The molecule has 0 saturated carbocycles. The highest BCUT2D eigenvalue weighted by Crippen LogP contribution is 2.26. The number of hydrogen-bond acceptors (Lipinski definition) is 5. The van der Waals surface area contributed by atoms with E-state index in [-0.39, 0.29) is 18.6 Å². The second kappa shape index (κ2) is 10.7. The van der Waals surface area contributed by atoms with Crippen molar-refractivity contribution in [3.8, 4) is 0 Å². The zero-order chi connectivity index (χ0) is 24.0. The van der Waals surface area contributed by atoms with Gasteiger partial charge in [-0.15, -0.1) is 0 Å². The van der Waals surface area contributed by atoms with Crippen LogP contribution < -0.4 is 10.2 Å². The van der Waals surface area contributed by atoms with Crippen molar-refractivity contribution in [1.82, 2.24) is 4.90 Å². The zero-order valence-electron chi connectivity index (χ0n) is 20.0. The van der Waals surface area contributed by atoms with Gasteiger partial charge in [-0.05, 0) is 63.4 Å². The molecule has 0 radical (unpaired) electrons. The summed E-state index contributed by atoms with van der Waals surface area (Å²) in [5, 5.41) is 12.3. The molecule has 2 N–H and O–H groups in total. The lowest BCUT2D eigenvalue weighted by atomic mass is 10.0. The summed E-state index contributed by atoms with van der Waals surface area (Å²) in [6.07, 6.45) is 0.402. The molecule has 1 aliphatic rings. The number of benzene rings is 2. The van der Waals surface area contributed by atoms with E-state index in [0.29, 0.717) is 31.6 Å². The van der Waals surface area contributed by atoms with Crippen LogP contribution in [0.1, 0.15) is 38.3 Å². The van der Waals surface area contributed by atoms with Gasteiger partial charge in [0.25, 0.3) is 0 Å². The van der Waals surface area contributed by atoms with Gasteiger partial charge in [-0.1, -0.05) is 30.3 Å². The lowest BCUT2D eigenvalue weighted by Gasteiger charge is -2.43. The SMILES string of the molecule is Cc1ccccc1N1CCN(C(=O)Cc2ccc(NC(=O)OC(C)(C)C)cc2)CC1CCO. The molecule has 7 heteroatoms. The summed E-state index contributed by atoms with van der Waals surface area (Å²) >= 11 is 0. The number of carbonyl (C=O) groups excluding carboxylic acids is 2. The molecule has 3 rings (SSSR count). The minimum Gasteiger partial charge on any atom is -0.444 e. The molecule has 0 spiro atoms. The monoisotopic (exact) mass is 453 g/mol.